The lowest BCUT2D eigenvalue weighted by Crippen LogP contribution is -1.91. The molecule has 0 saturated heterocycles. The molecule has 2 aromatic rings. The van der Waals surface area contributed by atoms with E-state index in [0.717, 1.165) is 21.0 Å². The zero-order valence-corrected chi connectivity index (χ0v) is 12.2. The number of nitrogens with zero attached hydrogens (tertiary/aromatic N) is 2. The van der Waals surface area contributed by atoms with Crippen LogP contribution >= 0.6 is 23.1 Å². The van der Waals surface area contributed by atoms with E-state index in [0.29, 0.717) is 11.3 Å². The van der Waals surface area contributed by atoms with Gasteiger partial charge in [-0.25, -0.2) is 9.18 Å². The van der Waals surface area contributed by atoms with Crippen LogP contribution in [-0.2, 0) is 10.5 Å². The minimum atomic E-state index is -1.06. The Labute approximate surface area is 123 Å². The molecule has 2 rings (SSSR count). The summed E-state index contributed by atoms with van der Waals surface area (Å²) in [6.45, 7) is 1.88. The standard InChI is InChI=1S/C13H11FN2O2S2/c1-8-15-16-13(20-8)19-7-10-2-4-11(14)6-9(10)3-5-12(17)18/h2-6H,7H2,1H3,(H,17,18). The fourth-order valence-electron chi connectivity index (χ4n) is 1.49. The molecule has 1 aromatic carbocycles. The second kappa shape index (κ2) is 6.62. The van der Waals surface area contributed by atoms with Gasteiger partial charge in [0.05, 0.1) is 0 Å². The van der Waals surface area contributed by atoms with Crippen molar-refractivity contribution < 1.29 is 14.3 Å². The van der Waals surface area contributed by atoms with Gasteiger partial charge in [0.25, 0.3) is 0 Å². The van der Waals surface area contributed by atoms with Gasteiger partial charge in [0.1, 0.15) is 10.8 Å². The SMILES string of the molecule is Cc1nnc(SCc2ccc(F)cc2C=CC(=O)O)s1. The van der Waals surface area contributed by atoms with Crippen LogP contribution in [0.2, 0.25) is 0 Å². The lowest BCUT2D eigenvalue weighted by Gasteiger charge is -2.04. The van der Waals surface area contributed by atoms with E-state index in [-0.39, 0.29) is 0 Å². The molecule has 4 nitrogen and oxygen atoms in total. The Balaban J connectivity index is 2.15. The maximum absolute atomic E-state index is 13.2. The number of halogens is 1. The zero-order chi connectivity index (χ0) is 14.5. The second-order valence-electron chi connectivity index (χ2n) is 3.89. The molecule has 7 heteroatoms. The van der Waals surface area contributed by atoms with E-state index in [9.17, 15) is 9.18 Å². The van der Waals surface area contributed by atoms with Gasteiger partial charge in [-0.05, 0) is 36.3 Å². The van der Waals surface area contributed by atoms with Crippen molar-refractivity contribution in [2.24, 2.45) is 0 Å². The number of carboxylic acid groups (broad SMARTS) is 1. The van der Waals surface area contributed by atoms with Crippen LogP contribution in [0, 0.1) is 12.7 Å². The molecule has 0 radical (unpaired) electrons. The fourth-order valence-corrected chi connectivity index (χ4v) is 3.32. The number of rotatable bonds is 5. The Morgan fingerprint density at radius 2 is 2.30 bits per heavy atom. The summed E-state index contributed by atoms with van der Waals surface area (Å²) in [4.78, 5) is 10.5. The summed E-state index contributed by atoms with van der Waals surface area (Å²) >= 11 is 2.98. The molecular formula is C13H11FN2O2S2. The van der Waals surface area contributed by atoms with E-state index in [1.54, 1.807) is 6.07 Å². The molecule has 0 aliphatic rings. The van der Waals surface area contributed by atoms with Gasteiger partial charge in [-0.1, -0.05) is 29.2 Å². The van der Waals surface area contributed by atoms with Gasteiger partial charge in [0.15, 0.2) is 4.34 Å². The first-order valence-electron chi connectivity index (χ1n) is 5.67. The van der Waals surface area contributed by atoms with Crippen LogP contribution in [0.1, 0.15) is 16.1 Å². The zero-order valence-electron chi connectivity index (χ0n) is 10.5. The first-order valence-corrected chi connectivity index (χ1v) is 7.47. The highest BCUT2D eigenvalue weighted by Crippen LogP contribution is 2.27. The van der Waals surface area contributed by atoms with E-state index >= 15 is 0 Å². The van der Waals surface area contributed by atoms with E-state index in [1.807, 2.05) is 6.92 Å². The first kappa shape index (κ1) is 14.7. The summed E-state index contributed by atoms with van der Waals surface area (Å²) in [6.07, 6.45) is 2.39. The number of hydrogen-bond donors (Lipinski definition) is 1. The number of aromatic nitrogens is 2. The van der Waals surface area contributed by atoms with Crippen molar-refractivity contribution in [2.45, 2.75) is 17.0 Å². The lowest BCUT2D eigenvalue weighted by atomic mass is 10.1. The van der Waals surface area contributed by atoms with Gasteiger partial charge in [0.2, 0.25) is 0 Å². The monoisotopic (exact) mass is 310 g/mol. The minimum Gasteiger partial charge on any atom is -0.478 e. The smallest absolute Gasteiger partial charge is 0.328 e. The van der Waals surface area contributed by atoms with E-state index in [2.05, 4.69) is 10.2 Å². The molecule has 0 unspecified atom stereocenters. The van der Waals surface area contributed by atoms with Gasteiger partial charge in [0, 0.05) is 11.8 Å². The second-order valence-corrected chi connectivity index (χ2v) is 6.29. The minimum absolute atomic E-state index is 0.393. The molecule has 1 N–H and O–H groups in total. The number of benzene rings is 1. The fraction of sp³-hybridized carbons (Fsp3) is 0.154. The highest BCUT2D eigenvalue weighted by Gasteiger charge is 2.06. The van der Waals surface area contributed by atoms with Crippen LogP contribution in [-0.4, -0.2) is 21.3 Å². The van der Waals surface area contributed by atoms with E-state index in [4.69, 9.17) is 5.11 Å². The number of hydrogen-bond acceptors (Lipinski definition) is 5. The van der Waals surface area contributed by atoms with Crippen LogP contribution < -0.4 is 0 Å². The summed E-state index contributed by atoms with van der Waals surface area (Å²) in [5.41, 5.74) is 1.41. The number of aliphatic carboxylic acids is 1. The highest BCUT2D eigenvalue weighted by atomic mass is 32.2. The van der Waals surface area contributed by atoms with Crippen molar-refractivity contribution >= 4 is 35.1 Å². The lowest BCUT2D eigenvalue weighted by molar-refractivity contribution is -0.131. The molecule has 104 valence electrons. The topological polar surface area (TPSA) is 63.1 Å². The molecule has 0 saturated carbocycles. The van der Waals surface area contributed by atoms with Crippen molar-refractivity contribution in [3.63, 3.8) is 0 Å². The summed E-state index contributed by atoms with van der Waals surface area (Å²) in [5, 5.41) is 17.4. The van der Waals surface area contributed by atoms with E-state index in [1.165, 1.54) is 41.3 Å². The summed E-state index contributed by atoms with van der Waals surface area (Å²) < 4.78 is 14.1. The molecular weight excluding hydrogens is 299 g/mol. The molecule has 0 aliphatic carbocycles. The summed E-state index contributed by atoms with van der Waals surface area (Å²) in [6, 6.07) is 4.33. The third kappa shape index (κ3) is 4.14. The molecule has 1 aromatic heterocycles. The molecule has 0 spiro atoms. The van der Waals surface area contributed by atoms with Gasteiger partial charge < -0.3 is 5.11 Å². The van der Waals surface area contributed by atoms with Crippen molar-refractivity contribution in [2.75, 3.05) is 0 Å². The molecule has 0 atom stereocenters. The van der Waals surface area contributed by atoms with Gasteiger partial charge in [-0.3, -0.25) is 0 Å². The van der Waals surface area contributed by atoms with E-state index < -0.39 is 11.8 Å². The first-order chi connectivity index (χ1) is 9.54. The van der Waals surface area contributed by atoms with Crippen molar-refractivity contribution in [3.8, 4) is 0 Å². The number of thioether (sulfide) groups is 1. The highest BCUT2D eigenvalue weighted by molar-refractivity contribution is 8.00. The predicted octanol–water partition coefficient (Wildman–Crippen LogP) is 3.38. The number of carboxylic acids is 1. The van der Waals surface area contributed by atoms with Crippen molar-refractivity contribution in [3.05, 3.63) is 46.2 Å². The van der Waals surface area contributed by atoms with Gasteiger partial charge >= 0.3 is 5.97 Å². The largest absolute Gasteiger partial charge is 0.478 e. The van der Waals surface area contributed by atoms with Gasteiger partial charge in [-0.2, -0.15) is 0 Å². The Morgan fingerprint density at radius 3 is 2.95 bits per heavy atom. The quantitative estimate of drug-likeness (QED) is 0.677. The van der Waals surface area contributed by atoms with Crippen LogP contribution in [0.3, 0.4) is 0 Å². The van der Waals surface area contributed by atoms with Crippen LogP contribution in [0.5, 0.6) is 0 Å². The normalized spacial score (nSPS) is 11.1. The number of carbonyl (C=O) groups is 1. The molecule has 0 aliphatic heterocycles. The Bertz CT molecular complexity index is 656. The third-order valence-electron chi connectivity index (χ3n) is 2.37. The molecule has 20 heavy (non-hydrogen) atoms. The van der Waals surface area contributed by atoms with Crippen molar-refractivity contribution in [1.82, 2.24) is 10.2 Å². The Kier molecular flexibility index (Phi) is 4.86. The van der Waals surface area contributed by atoms with Crippen LogP contribution in [0.25, 0.3) is 6.08 Å². The molecule has 0 fully saturated rings. The maximum atomic E-state index is 13.2. The number of aryl methyl sites for hydroxylation is 1. The Hall–Kier alpha value is -1.73. The average molecular weight is 310 g/mol. The predicted molar refractivity (Wildman–Crippen MR) is 77.3 cm³/mol. The van der Waals surface area contributed by atoms with Gasteiger partial charge in [-0.15, -0.1) is 10.2 Å². The Morgan fingerprint density at radius 1 is 1.50 bits per heavy atom. The average Bonchev–Trinajstić information content (AvgIpc) is 2.81. The molecule has 0 amide bonds. The van der Waals surface area contributed by atoms with Crippen molar-refractivity contribution in [1.29, 1.82) is 0 Å². The van der Waals surface area contributed by atoms with Crippen LogP contribution in [0.4, 0.5) is 4.39 Å². The van der Waals surface area contributed by atoms with Crippen LogP contribution in [0.15, 0.2) is 28.6 Å². The molecule has 1 heterocycles. The summed E-state index contributed by atoms with van der Waals surface area (Å²) in [5.74, 6) is -0.878. The maximum Gasteiger partial charge on any atom is 0.328 e. The molecule has 0 bridgehead atoms. The summed E-state index contributed by atoms with van der Waals surface area (Å²) in [7, 11) is 0. The third-order valence-corrected chi connectivity index (χ3v) is 4.39.